The van der Waals surface area contributed by atoms with Crippen molar-refractivity contribution in [1.82, 2.24) is 19.4 Å². The van der Waals surface area contributed by atoms with E-state index < -0.39 is 0 Å². The molecule has 0 bridgehead atoms. The molecule has 0 unspecified atom stereocenters. The fourth-order valence-corrected chi connectivity index (χ4v) is 3.33. The van der Waals surface area contributed by atoms with Gasteiger partial charge < -0.3 is 14.2 Å². The van der Waals surface area contributed by atoms with Crippen molar-refractivity contribution in [2.75, 3.05) is 37.7 Å². The molecular weight excluding hydrogens is 278 g/mol. The van der Waals surface area contributed by atoms with Gasteiger partial charge in [0.2, 0.25) is 0 Å². The Kier molecular flexibility index (Phi) is 3.50. The van der Waals surface area contributed by atoms with Crippen LogP contribution in [0, 0.1) is 0 Å². The average molecular weight is 301 g/mol. The van der Waals surface area contributed by atoms with Gasteiger partial charge in [-0.3, -0.25) is 4.90 Å². The average Bonchev–Trinajstić information content (AvgIpc) is 2.92. The van der Waals surface area contributed by atoms with Gasteiger partial charge in [-0.05, 0) is 19.9 Å². The Balaban J connectivity index is 1.67. The summed E-state index contributed by atoms with van der Waals surface area (Å²) >= 11 is 0. The molecule has 6 nitrogen and oxygen atoms in total. The monoisotopic (exact) mass is 301 g/mol. The van der Waals surface area contributed by atoms with E-state index in [1.54, 1.807) is 0 Å². The van der Waals surface area contributed by atoms with Crippen molar-refractivity contribution in [3.63, 3.8) is 0 Å². The number of ether oxygens (including phenoxy) is 1. The molecular formula is C16H23N5O. The Morgan fingerprint density at radius 2 is 1.95 bits per heavy atom. The first-order valence-electron chi connectivity index (χ1n) is 8.14. The second kappa shape index (κ2) is 5.52. The standard InChI is InChI=1S/C16H23N5O/c1-12(2)20-3-4-21-15(11-20)18-14-9-13(10-17-16(14)21)19-5-7-22-8-6-19/h9-10,12H,3-8,11H2,1-2H3. The SMILES string of the molecule is CC(C)N1CCn2c(nc3cc(N4CCOCC4)cnc32)C1. The van der Waals surface area contributed by atoms with Gasteiger partial charge in [-0.15, -0.1) is 0 Å². The summed E-state index contributed by atoms with van der Waals surface area (Å²) in [7, 11) is 0. The molecule has 0 amide bonds. The number of morpholine rings is 1. The molecule has 0 saturated carbocycles. The van der Waals surface area contributed by atoms with Crippen LogP contribution in [-0.2, 0) is 17.8 Å². The van der Waals surface area contributed by atoms with Gasteiger partial charge in [0.25, 0.3) is 0 Å². The van der Waals surface area contributed by atoms with E-state index in [1.165, 1.54) is 0 Å². The van der Waals surface area contributed by atoms with Crippen LogP contribution in [0.4, 0.5) is 5.69 Å². The lowest BCUT2D eigenvalue weighted by molar-refractivity contribution is 0.122. The summed E-state index contributed by atoms with van der Waals surface area (Å²) < 4.78 is 7.70. The summed E-state index contributed by atoms with van der Waals surface area (Å²) in [5.41, 5.74) is 3.20. The number of nitrogens with zero attached hydrogens (tertiary/aromatic N) is 5. The number of anilines is 1. The molecule has 22 heavy (non-hydrogen) atoms. The minimum atomic E-state index is 0.561. The van der Waals surface area contributed by atoms with E-state index in [9.17, 15) is 0 Å². The second-order valence-electron chi connectivity index (χ2n) is 6.38. The lowest BCUT2D eigenvalue weighted by Crippen LogP contribution is -2.38. The molecule has 0 N–H and O–H groups in total. The Morgan fingerprint density at radius 3 is 2.73 bits per heavy atom. The number of rotatable bonds is 2. The summed E-state index contributed by atoms with van der Waals surface area (Å²) in [6, 6.07) is 2.74. The van der Waals surface area contributed by atoms with Gasteiger partial charge in [-0.25, -0.2) is 9.97 Å². The molecule has 1 saturated heterocycles. The molecule has 0 radical (unpaired) electrons. The molecule has 118 valence electrons. The summed E-state index contributed by atoms with van der Waals surface area (Å²) in [5, 5.41) is 0. The molecule has 0 aliphatic carbocycles. The molecule has 0 atom stereocenters. The van der Waals surface area contributed by atoms with E-state index in [0.717, 1.165) is 68.6 Å². The third-order valence-electron chi connectivity index (χ3n) is 4.71. The highest BCUT2D eigenvalue weighted by Crippen LogP contribution is 2.24. The molecule has 0 aromatic carbocycles. The molecule has 6 heteroatoms. The van der Waals surface area contributed by atoms with Crippen molar-refractivity contribution in [2.24, 2.45) is 0 Å². The normalized spacial score (nSPS) is 19.9. The van der Waals surface area contributed by atoms with Crippen LogP contribution in [-0.4, -0.2) is 58.3 Å². The molecule has 2 aliphatic rings. The molecule has 2 aliphatic heterocycles. The number of pyridine rings is 1. The molecule has 2 aromatic heterocycles. The van der Waals surface area contributed by atoms with Gasteiger partial charge in [0.1, 0.15) is 11.3 Å². The molecule has 4 heterocycles. The summed E-state index contributed by atoms with van der Waals surface area (Å²) in [5.74, 6) is 1.14. The van der Waals surface area contributed by atoms with Crippen LogP contribution in [0.3, 0.4) is 0 Å². The largest absolute Gasteiger partial charge is 0.378 e. The maximum Gasteiger partial charge on any atom is 0.160 e. The predicted molar refractivity (Wildman–Crippen MR) is 86.1 cm³/mol. The lowest BCUT2D eigenvalue weighted by atomic mass is 10.2. The quantitative estimate of drug-likeness (QED) is 0.841. The van der Waals surface area contributed by atoms with E-state index in [0.29, 0.717) is 6.04 Å². The molecule has 0 spiro atoms. The van der Waals surface area contributed by atoms with Crippen LogP contribution in [0.1, 0.15) is 19.7 Å². The van der Waals surface area contributed by atoms with Gasteiger partial charge >= 0.3 is 0 Å². The number of aromatic nitrogens is 3. The third-order valence-corrected chi connectivity index (χ3v) is 4.71. The van der Waals surface area contributed by atoms with Crippen molar-refractivity contribution in [3.05, 3.63) is 18.1 Å². The number of fused-ring (bicyclic) bond motifs is 3. The first-order chi connectivity index (χ1) is 10.7. The Bertz CT molecular complexity index is 674. The van der Waals surface area contributed by atoms with Gasteiger partial charge in [0.15, 0.2) is 5.65 Å². The van der Waals surface area contributed by atoms with Gasteiger partial charge in [0.05, 0.1) is 31.6 Å². The van der Waals surface area contributed by atoms with E-state index in [2.05, 4.69) is 34.3 Å². The fourth-order valence-electron chi connectivity index (χ4n) is 3.33. The Morgan fingerprint density at radius 1 is 1.14 bits per heavy atom. The summed E-state index contributed by atoms with van der Waals surface area (Å²) in [6.45, 7) is 10.9. The first kappa shape index (κ1) is 14.0. The lowest BCUT2D eigenvalue weighted by Gasteiger charge is -2.30. The van der Waals surface area contributed by atoms with Crippen molar-refractivity contribution >= 4 is 16.9 Å². The maximum atomic E-state index is 5.42. The number of hydrogen-bond donors (Lipinski definition) is 0. The maximum absolute atomic E-state index is 5.42. The van der Waals surface area contributed by atoms with Crippen LogP contribution >= 0.6 is 0 Å². The van der Waals surface area contributed by atoms with Crippen molar-refractivity contribution in [1.29, 1.82) is 0 Å². The number of imidazole rings is 1. The van der Waals surface area contributed by atoms with Gasteiger partial charge in [0, 0.05) is 32.2 Å². The zero-order valence-electron chi connectivity index (χ0n) is 13.3. The fraction of sp³-hybridized carbons (Fsp3) is 0.625. The van der Waals surface area contributed by atoms with Crippen molar-refractivity contribution in [2.45, 2.75) is 33.0 Å². The highest BCUT2D eigenvalue weighted by molar-refractivity contribution is 5.76. The highest BCUT2D eigenvalue weighted by Gasteiger charge is 2.23. The van der Waals surface area contributed by atoms with Crippen LogP contribution in [0.2, 0.25) is 0 Å². The molecule has 2 aromatic rings. The second-order valence-corrected chi connectivity index (χ2v) is 6.38. The molecule has 4 rings (SSSR count). The smallest absolute Gasteiger partial charge is 0.160 e. The Hall–Kier alpha value is -1.66. The van der Waals surface area contributed by atoms with Gasteiger partial charge in [-0.2, -0.15) is 0 Å². The summed E-state index contributed by atoms with van der Waals surface area (Å²) in [6.07, 6.45) is 1.98. The summed E-state index contributed by atoms with van der Waals surface area (Å²) in [4.78, 5) is 14.3. The minimum Gasteiger partial charge on any atom is -0.378 e. The number of hydrogen-bond acceptors (Lipinski definition) is 5. The van der Waals surface area contributed by atoms with Crippen molar-refractivity contribution in [3.8, 4) is 0 Å². The third kappa shape index (κ3) is 2.36. The molecule has 1 fully saturated rings. The van der Waals surface area contributed by atoms with Gasteiger partial charge in [-0.1, -0.05) is 0 Å². The van der Waals surface area contributed by atoms with E-state index in [1.807, 2.05) is 6.20 Å². The first-order valence-corrected chi connectivity index (χ1v) is 8.14. The van der Waals surface area contributed by atoms with Crippen LogP contribution in [0.25, 0.3) is 11.2 Å². The highest BCUT2D eigenvalue weighted by atomic mass is 16.5. The van der Waals surface area contributed by atoms with Crippen LogP contribution < -0.4 is 4.90 Å². The zero-order chi connectivity index (χ0) is 15.1. The van der Waals surface area contributed by atoms with E-state index >= 15 is 0 Å². The zero-order valence-corrected chi connectivity index (χ0v) is 13.3. The van der Waals surface area contributed by atoms with E-state index in [-0.39, 0.29) is 0 Å². The van der Waals surface area contributed by atoms with Crippen LogP contribution in [0.15, 0.2) is 12.3 Å². The topological polar surface area (TPSA) is 46.4 Å². The predicted octanol–water partition coefficient (Wildman–Crippen LogP) is 1.49. The van der Waals surface area contributed by atoms with Crippen LogP contribution in [0.5, 0.6) is 0 Å². The Labute approximate surface area is 130 Å². The minimum absolute atomic E-state index is 0.561. The van der Waals surface area contributed by atoms with E-state index in [4.69, 9.17) is 14.7 Å². The van der Waals surface area contributed by atoms with Crippen molar-refractivity contribution < 1.29 is 4.74 Å².